The number of rotatable bonds is 8. The summed E-state index contributed by atoms with van der Waals surface area (Å²) in [5, 5.41) is 3.06. The molecule has 1 fully saturated rings. The Kier molecular flexibility index (Phi) is 6.95. The number of furan rings is 1. The second-order valence-electron chi connectivity index (χ2n) is 7.57. The lowest BCUT2D eigenvalue weighted by Gasteiger charge is -2.27. The molecular formula is C25H28N2O3. The second-order valence-corrected chi connectivity index (χ2v) is 7.57. The Morgan fingerprint density at radius 3 is 2.43 bits per heavy atom. The van der Waals surface area contributed by atoms with Gasteiger partial charge in [-0.2, -0.15) is 0 Å². The molecule has 0 unspecified atom stereocenters. The molecule has 1 N–H and O–H groups in total. The molecular weight excluding hydrogens is 376 g/mol. The minimum atomic E-state index is 0.0360. The predicted molar refractivity (Wildman–Crippen MR) is 117 cm³/mol. The van der Waals surface area contributed by atoms with E-state index in [9.17, 15) is 4.79 Å². The highest BCUT2D eigenvalue weighted by Crippen LogP contribution is 2.22. The number of aryl methyl sites for hydroxylation is 1. The molecule has 4 rings (SSSR count). The number of nitrogens with zero attached hydrogens (tertiary/aromatic N) is 1. The first kappa shape index (κ1) is 20.4. The third-order valence-corrected chi connectivity index (χ3v) is 5.41. The van der Waals surface area contributed by atoms with Crippen LogP contribution in [0.1, 0.15) is 23.3 Å². The molecule has 0 spiro atoms. The Bertz CT molecular complexity index is 946. The van der Waals surface area contributed by atoms with E-state index >= 15 is 0 Å². The fourth-order valence-corrected chi connectivity index (χ4v) is 3.67. The lowest BCUT2D eigenvalue weighted by Crippen LogP contribution is -2.36. The van der Waals surface area contributed by atoms with Crippen LogP contribution >= 0.6 is 0 Å². The van der Waals surface area contributed by atoms with Crippen LogP contribution in [0.25, 0.3) is 11.3 Å². The molecule has 5 heteroatoms. The maximum Gasteiger partial charge on any atom is 0.220 e. The van der Waals surface area contributed by atoms with Gasteiger partial charge in [-0.05, 0) is 23.3 Å². The zero-order valence-electron chi connectivity index (χ0n) is 17.2. The van der Waals surface area contributed by atoms with Crippen LogP contribution < -0.4 is 5.32 Å². The van der Waals surface area contributed by atoms with Crippen molar-refractivity contribution in [1.82, 2.24) is 10.2 Å². The van der Waals surface area contributed by atoms with E-state index in [1.165, 1.54) is 11.1 Å². The Balaban J connectivity index is 1.27. The van der Waals surface area contributed by atoms with E-state index in [-0.39, 0.29) is 5.91 Å². The van der Waals surface area contributed by atoms with Gasteiger partial charge in [-0.1, -0.05) is 54.6 Å². The van der Waals surface area contributed by atoms with Gasteiger partial charge in [0.2, 0.25) is 5.91 Å². The minimum Gasteiger partial charge on any atom is -0.461 e. The fourth-order valence-electron chi connectivity index (χ4n) is 3.67. The number of hydrogen-bond acceptors (Lipinski definition) is 4. The highest BCUT2D eigenvalue weighted by molar-refractivity contribution is 5.76. The van der Waals surface area contributed by atoms with Crippen molar-refractivity contribution in [3.05, 3.63) is 83.6 Å². The highest BCUT2D eigenvalue weighted by atomic mass is 16.5. The molecule has 1 aromatic heterocycles. The summed E-state index contributed by atoms with van der Waals surface area (Å²) in [6.07, 6.45) is 1.00. The maximum atomic E-state index is 12.4. The molecule has 2 heterocycles. The van der Waals surface area contributed by atoms with Crippen molar-refractivity contribution in [2.24, 2.45) is 0 Å². The normalized spacial score (nSPS) is 14.5. The van der Waals surface area contributed by atoms with Gasteiger partial charge in [0.1, 0.15) is 11.5 Å². The first-order valence-corrected chi connectivity index (χ1v) is 10.6. The average Bonchev–Trinajstić information content (AvgIpc) is 3.28. The van der Waals surface area contributed by atoms with E-state index in [0.717, 1.165) is 49.9 Å². The smallest absolute Gasteiger partial charge is 0.220 e. The van der Waals surface area contributed by atoms with Crippen molar-refractivity contribution >= 4 is 5.91 Å². The summed E-state index contributed by atoms with van der Waals surface area (Å²) in [6, 6.07) is 22.2. The summed E-state index contributed by atoms with van der Waals surface area (Å²) in [4.78, 5) is 14.8. The van der Waals surface area contributed by atoms with Gasteiger partial charge in [-0.15, -0.1) is 0 Å². The molecule has 3 aromatic rings. The van der Waals surface area contributed by atoms with Gasteiger partial charge in [0, 0.05) is 44.6 Å². The topological polar surface area (TPSA) is 54.7 Å². The summed E-state index contributed by atoms with van der Waals surface area (Å²) in [5.41, 5.74) is 3.48. The van der Waals surface area contributed by atoms with Gasteiger partial charge >= 0.3 is 0 Å². The Hall–Kier alpha value is -2.89. The lowest BCUT2D eigenvalue weighted by molar-refractivity contribution is -0.121. The third-order valence-electron chi connectivity index (χ3n) is 5.41. The van der Waals surface area contributed by atoms with E-state index < -0.39 is 0 Å². The maximum absolute atomic E-state index is 12.4. The lowest BCUT2D eigenvalue weighted by atomic mass is 10.1. The van der Waals surface area contributed by atoms with Crippen molar-refractivity contribution in [3.8, 4) is 11.3 Å². The standard InChI is InChI=1S/C25H28N2O3/c28-25(13-11-23-10-12-24(30-23)20-6-2-1-3-7-20)26-18-21-8-4-5-9-22(21)19-27-14-16-29-17-15-27/h1-10,12H,11,13-19H2,(H,26,28). The van der Waals surface area contributed by atoms with Crippen molar-refractivity contribution in [1.29, 1.82) is 0 Å². The Morgan fingerprint density at radius 1 is 0.900 bits per heavy atom. The van der Waals surface area contributed by atoms with Gasteiger partial charge in [-0.25, -0.2) is 0 Å². The van der Waals surface area contributed by atoms with E-state index in [1.54, 1.807) is 0 Å². The Morgan fingerprint density at radius 2 is 1.63 bits per heavy atom. The van der Waals surface area contributed by atoms with Crippen LogP contribution in [0.2, 0.25) is 0 Å². The van der Waals surface area contributed by atoms with Gasteiger partial charge in [0.15, 0.2) is 0 Å². The first-order chi connectivity index (χ1) is 14.8. The molecule has 0 atom stereocenters. The van der Waals surface area contributed by atoms with Crippen molar-refractivity contribution in [2.45, 2.75) is 25.9 Å². The molecule has 30 heavy (non-hydrogen) atoms. The van der Waals surface area contributed by atoms with E-state index in [0.29, 0.717) is 19.4 Å². The molecule has 2 aromatic carbocycles. The Labute approximate surface area is 177 Å². The number of ether oxygens (including phenoxy) is 1. The number of hydrogen-bond donors (Lipinski definition) is 1. The molecule has 1 amide bonds. The highest BCUT2D eigenvalue weighted by Gasteiger charge is 2.13. The van der Waals surface area contributed by atoms with Crippen LogP contribution in [0.15, 0.2) is 71.1 Å². The van der Waals surface area contributed by atoms with Crippen LogP contribution in [0.4, 0.5) is 0 Å². The summed E-state index contributed by atoms with van der Waals surface area (Å²) < 4.78 is 11.3. The van der Waals surface area contributed by atoms with E-state index in [1.807, 2.05) is 48.5 Å². The molecule has 0 saturated carbocycles. The van der Waals surface area contributed by atoms with Crippen molar-refractivity contribution in [2.75, 3.05) is 26.3 Å². The minimum absolute atomic E-state index is 0.0360. The summed E-state index contributed by atoms with van der Waals surface area (Å²) in [7, 11) is 0. The van der Waals surface area contributed by atoms with Crippen molar-refractivity contribution in [3.63, 3.8) is 0 Å². The molecule has 0 aliphatic carbocycles. The molecule has 0 bridgehead atoms. The zero-order valence-corrected chi connectivity index (χ0v) is 17.2. The number of amides is 1. The largest absolute Gasteiger partial charge is 0.461 e. The monoisotopic (exact) mass is 404 g/mol. The quantitative estimate of drug-likeness (QED) is 0.616. The van der Waals surface area contributed by atoms with Gasteiger partial charge in [0.05, 0.1) is 13.2 Å². The van der Waals surface area contributed by atoms with Gasteiger partial charge in [0.25, 0.3) is 0 Å². The SMILES string of the molecule is O=C(CCc1ccc(-c2ccccc2)o1)NCc1ccccc1CN1CCOCC1. The predicted octanol–water partition coefficient (Wildman–Crippen LogP) is 4.03. The second kappa shape index (κ2) is 10.2. The first-order valence-electron chi connectivity index (χ1n) is 10.6. The number of morpholine rings is 1. The molecule has 5 nitrogen and oxygen atoms in total. The van der Waals surface area contributed by atoms with E-state index in [2.05, 4.69) is 28.4 Å². The number of benzene rings is 2. The summed E-state index contributed by atoms with van der Waals surface area (Å²) in [6.45, 7) is 4.93. The van der Waals surface area contributed by atoms with E-state index in [4.69, 9.17) is 9.15 Å². The number of carbonyl (C=O) groups excluding carboxylic acids is 1. The molecule has 1 aliphatic heterocycles. The summed E-state index contributed by atoms with van der Waals surface area (Å²) >= 11 is 0. The zero-order chi connectivity index (χ0) is 20.6. The summed E-state index contributed by atoms with van der Waals surface area (Å²) in [5.74, 6) is 1.70. The van der Waals surface area contributed by atoms with Crippen LogP contribution in [0.5, 0.6) is 0 Å². The van der Waals surface area contributed by atoms with Crippen LogP contribution in [0.3, 0.4) is 0 Å². The van der Waals surface area contributed by atoms with Gasteiger partial charge < -0.3 is 14.5 Å². The fraction of sp³-hybridized carbons (Fsp3) is 0.320. The van der Waals surface area contributed by atoms with Crippen LogP contribution in [0, 0.1) is 0 Å². The molecule has 1 aliphatic rings. The van der Waals surface area contributed by atoms with Gasteiger partial charge in [-0.3, -0.25) is 9.69 Å². The van der Waals surface area contributed by atoms with Crippen LogP contribution in [-0.4, -0.2) is 37.1 Å². The third kappa shape index (κ3) is 5.59. The average molecular weight is 405 g/mol. The van der Waals surface area contributed by atoms with Crippen molar-refractivity contribution < 1.29 is 13.9 Å². The van der Waals surface area contributed by atoms with Crippen LogP contribution in [-0.2, 0) is 29.0 Å². The molecule has 1 saturated heterocycles. The number of nitrogens with one attached hydrogen (secondary N) is 1. The molecule has 156 valence electrons. The number of carbonyl (C=O) groups is 1. The molecule has 0 radical (unpaired) electrons.